The van der Waals surface area contributed by atoms with Crippen LogP contribution in [-0.4, -0.2) is 27.3 Å². The van der Waals surface area contributed by atoms with E-state index in [9.17, 15) is 13.6 Å². The minimum absolute atomic E-state index is 0.0695. The molecular weight excluding hydrogens is 424 g/mol. The van der Waals surface area contributed by atoms with E-state index in [1.807, 2.05) is 30.3 Å². The van der Waals surface area contributed by atoms with E-state index >= 15 is 0 Å². The van der Waals surface area contributed by atoms with Crippen LogP contribution in [0.15, 0.2) is 73.2 Å². The molecule has 0 atom stereocenters. The number of imidazole rings is 1. The third-order valence-corrected chi connectivity index (χ3v) is 5.52. The Balaban J connectivity index is 1.49. The van der Waals surface area contributed by atoms with E-state index in [2.05, 4.69) is 20.6 Å². The van der Waals surface area contributed by atoms with E-state index in [1.165, 1.54) is 25.2 Å². The highest BCUT2D eigenvalue weighted by molar-refractivity contribution is 5.94. The van der Waals surface area contributed by atoms with Crippen molar-refractivity contribution in [3.63, 3.8) is 0 Å². The van der Waals surface area contributed by atoms with Crippen LogP contribution in [-0.2, 0) is 6.54 Å². The molecule has 164 valence electrons. The standard InChI is InChI=1S/C25H19F2N5O/c1-28-25(33)18-7-6-15(10-20(18)26)16-11-21(27)24-31-13-17(32(24)14-16)12-30-23-8-9-29-22-5-3-2-4-19(22)23/h2-11,13-14H,12H2,1H3,(H,28,33)(H,29,30). The molecular formula is C25H19F2N5O. The van der Waals surface area contributed by atoms with Crippen molar-refractivity contribution in [3.05, 3.63) is 96.1 Å². The van der Waals surface area contributed by atoms with E-state index in [-0.39, 0.29) is 11.2 Å². The first-order valence-corrected chi connectivity index (χ1v) is 10.3. The maximum Gasteiger partial charge on any atom is 0.253 e. The summed E-state index contributed by atoms with van der Waals surface area (Å²) in [7, 11) is 1.43. The first-order valence-electron chi connectivity index (χ1n) is 10.3. The van der Waals surface area contributed by atoms with Gasteiger partial charge in [-0.25, -0.2) is 13.8 Å². The lowest BCUT2D eigenvalue weighted by Crippen LogP contribution is -2.19. The Kier molecular flexibility index (Phi) is 5.18. The van der Waals surface area contributed by atoms with Crippen LogP contribution >= 0.6 is 0 Å². The Hall–Kier alpha value is -4.33. The summed E-state index contributed by atoms with van der Waals surface area (Å²) in [5.41, 5.74) is 3.53. The highest BCUT2D eigenvalue weighted by Crippen LogP contribution is 2.26. The number of hydrogen-bond acceptors (Lipinski definition) is 4. The quantitative estimate of drug-likeness (QED) is 0.409. The van der Waals surface area contributed by atoms with Gasteiger partial charge in [0, 0.05) is 36.1 Å². The molecule has 0 unspecified atom stereocenters. The van der Waals surface area contributed by atoms with Crippen LogP contribution in [0.2, 0.25) is 0 Å². The van der Waals surface area contributed by atoms with E-state index in [0.717, 1.165) is 22.3 Å². The number of nitrogens with one attached hydrogen (secondary N) is 2. The third-order valence-electron chi connectivity index (χ3n) is 5.52. The molecule has 5 aromatic rings. The average Bonchev–Trinajstić information content (AvgIpc) is 3.25. The van der Waals surface area contributed by atoms with Gasteiger partial charge in [0.15, 0.2) is 11.5 Å². The number of fused-ring (bicyclic) bond motifs is 2. The normalized spacial score (nSPS) is 11.1. The first-order chi connectivity index (χ1) is 16.0. The number of nitrogens with zero attached hydrogens (tertiary/aromatic N) is 3. The highest BCUT2D eigenvalue weighted by atomic mass is 19.1. The van der Waals surface area contributed by atoms with Crippen molar-refractivity contribution in [2.75, 3.05) is 12.4 Å². The fourth-order valence-electron chi connectivity index (χ4n) is 3.83. The van der Waals surface area contributed by atoms with Crippen molar-refractivity contribution in [2.45, 2.75) is 6.54 Å². The number of carbonyl (C=O) groups is 1. The number of anilines is 1. The first kappa shape index (κ1) is 20.6. The Bertz CT molecular complexity index is 1510. The molecule has 5 rings (SSSR count). The number of amides is 1. The lowest BCUT2D eigenvalue weighted by atomic mass is 10.0. The number of hydrogen-bond donors (Lipinski definition) is 2. The zero-order valence-electron chi connectivity index (χ0n) is 17.6. The van der Waals surface area contributed by atoms with Crippen molar-refractivity contribution in [2.24, 2.45) is 0 Å². The third kappa shape index (κ3) is 3.76. The van der Waals surface area contributed by atoms with Gasteiger partial charge in [0.05, 0.1) is 29.5 Å². The molecule has 0 saturated heterocycles. The summed E-state index contributed by atoms with van der Waals surface area (Å²) >= 11 is 0. The van der Waals surface area contributed by atoms with Crippen LogP contribution in [0.4, 0.5) is 14.5 Å². The van der Waals surface area contributed by atoms with Gasteiger partial charge < -0.3 is 10.6 Å². The number of pyridine rings is 2. The van der Waals surface area contributed by atoms with Gasteiger partial charge in [-0.05, 0) is 35.9 Å². The average molecular weight is 443 g/mol. The van der Waals surface area contributed by atoms with Crippen LogP contribution < -0.4 is 10.6 Å². The van der Waals surface area contributed by atoms with Crippen LogP contribution in [0.3, 0.4) is 0 Å². The maximum absolute atomic E-state index is 14.8. The van der Waals surface area contributed by atoms with Crippen molar-refractivity contribution in [1.82, 2.24) is 19.7 Å². The number of carbonyl (C=O) groups excluding carboxylic acids is 1. The summed E-state index contributed by atoms with van der Waals surface area (Å²) in [4.78, 5) is 20.3. The van der Waals surface area contributed by atoms with Gasteiger partial charge in [-0.1, -0.05) is 24.3 Å². The summed E-state index contributed by atoms with van der Waals surface area (Å²) in [5.74, 6) is -1.72. The molecule has 0 bridgehead atoms. The van der Waals surface area contributed by atoms with E-state index < -0.39 is 17.5 Å². The van der Waals surface area contributed by atoms with E-state index in [1.54, 1.807) is 29.1 Å². The molecule has 0 radical (unpaired) electrons. The highest BCUT2D eigenvalue weighted by Gasteiger charge is 2.15. The Morgan fingerprint density at radius 1 is 1.00 bits per heavy atom. The summed E-state index contributed by atoms with van der Waals surface area (Å²) in [6.45, 7) is 0.391. The van der Waals surface area contributed by atoms with Crippen molar-refractivity contribution >= 4 is 28.1 Å². The Morgan fingerprint density at radius 3 is 2.64 bits per heavy atom. The van der Waals surface area contributed by atoms with Crippen molar-refractivity contribution < 1.29 is 13.6 Å². The summed E-state index contributed by atoms with van der Waals surface area (Å²) in [6.07, 6.45) is 5.04. The smallest absolute Gasteiger partial charge is 0.253 e. The van der Waals surface area contributed by atoms with Gasteiger partial charge in [-0.3, -0.25) is 14.2 Å². The zero-order valence-corrected chi connectivity index (χ0v) is 17.6. The molecule has 0 spiro atoms. The second-order valence-corrected chi connectivity index (χ2v) is 7.52. The summed E-state index contributed by atoms with van der Waals surface area (Å²) in [5, 5.41) is 6.74. The minimum Gasteiger partial charge on any atom is -0.379 e. The molecule has 1 amide bonds. The fourth-order valence-corrected chi connectivity index (χ4v) is 3.83. The van der Waals surface area contributed by atoms with Gasteiger partial charge in [-0.2, -0.15) is 0 Å². The number of benzene rings is 2. The summed E-state index contributed by atoms with van der Waals surface area (Å²) < 4.78 is 30.9. The minimum atomic E-state index is -0.676. The maximum atomic E-state index is 14.8. The predicted octanol–water partition coefficient (Wildman–Crippen LogP) is 4.80. The molecule has 33 heavy (non-hydrogen) atoms. The molecule has 6 nitrogen and oxygen atoms in total. The van der Waals surface area contributed by atoms with Crippen molar-refractivity contribution in [1.29, 1.82) is 0 Å². The zero-order chi connectivity index (χ0) is 22.9. The topological polar surface area (TPSA) is 71.3 Å². The van der Waals surface area contributed by atoms with Crippen molar-refractivity contribution in [3.8, 4) is 11.1 Å². The molecule has 0 aliphatic rings. The van der Waals surface area contributed by atoms with Gasteiger partial charge in [0.2, 0.25) is 0 Å². The number of halogens is 2. The number of aromatic nitrogens is 3. The van der Waals surface area contributed by atoms with Crippen LogP contribution in [0.5, 0.6) is 0 Å². The molecule has 2 N–H and O–H groups in total. The number of para-hydroxylation sites is 1. The van der Waals surface area contributed by atoms with Gasteiger partial charge in [0.25, 0.3) is 5.91 Å². The van der Waals surface area contributed by atoms with Crippen LogP contribution in [0, 0.1) is 11.6 Å². The second-order valence-electron chi connectivity index (χ2n) is 7.52. The molecule has 2 aromatic carbocycles. The lowest BCUT2D eigenvalue weighted by Gasteiger charge is -2.11. The molecule has 8 heteroatoms. The fraction of sp³-hybridized carbons (Fsp3) is 0.0800. The molecule has 0 fully saturated rings. The van der Waals surface area contributed by atoms with Gasteiger partial charge in [-0.15, -0.1) is 0 Å². The second kappa shape index (κ2) is 8.31. The van der Waals surface area contributed by atoms with E-state index in [0.29, 0.717) is 17.7 Å². The molecule has 3 heterocycles. The largest absolute Gasteiger partial charge is 0.379 e. The molecule has 3 aromatic heterocycles. The Labute approximate surface area is 187 Å². The van der Waals surface area contributed by atoms with Crippen LogP contribution in [0.1, 0.15) is 16.1 Å². The molecule has 0 aliphatic carbocycles. The number of rotatable bonds is 5. The summed E-state index contributed by atoms with van der Waals surface area (Å²) in [6, 6.07) is 15.2. The molecule has 0 saturated carbocycles. The Morgan fingerprint density at radius 2 is 1.82 bits per heavy atom. The predicted molar refractivity (Wildman–Crippen MR) is 123 cm³/mol. The van der Waals surface area contributed by atoms with Gasteiger partial charge >= 0.3 is 0 Å². The monoisotopic (exact) mass is 443 g/mol. The van der Waals surface area contributed by atoms with E-state index in [4.69, 9.17) is 0 Å². The van der Waals surface area contributed by atoms with Gasteiger partial charge in [0.1, 0.15) is 5.82 Å². The lowest BCUT2D eigenvalue weighted by molar-refractivity contribution is 0.0959. The van der Waals surface area contributed by atoms with Crippen LogP contribution in [0.25, 0.3) is 27.7 Å². The SMILES string of the molecule is CNC(=O)c1ccc(-c2cc(F)c3ncc(CNc4ccnc5ccccc45)n3c2)cc1F. The molecule has 0 aliphatic heterocycles.